The Morgan fingerprint density at radius 2 is 1.88 bits per heavy atom. The number of hydrogen-bond donors (Lipinski definition) is 2. The Morgan fingerprint density at radius 1 is 1.15 bits per heavy atom. The summed E-state index contributed by atoms with van der Waals surface area (Å²) in [6.45, 7) is 0.192. The predicted octanol–water partition coefficient (Wildman–Crippen LogP) is 3.05. The Balaban J connectivity index is 1.83. The zero-order chi connectivity index (χ0) is 18.8. The Bertz CT molecular complexity index is 992. The Kier molecular flexibility index (Phi) is 4.81. The molecule has 2 aromatic carbocycles. The summed E-state index contributed by atoms with van der Waals surface area (Å²) in [7, 11) is 0. The Morgan fingerprint density at radius 3 is 2.58 bits per heavy atom. The lowest BCUT2D eigenvalue weighted by atomic mass is 10.1. The molecule has 0 aliphatic carbocycles. The zero-order valence-electron chi connectivity index (χ0n) is 13.0. The maximum absolute atomic E-state index is 13.5. The molecule has 0 bridgehead atoms. The molecule has 1 heterocycles. The molecule has 0 fully saturated rings. The van der Waals surface area contributed by atoms with Gasteiger partial charge in [-0.3, -0.25) is 4.79 Å². The maximum atomic E-state index is 13.5. The first kappa shape index (κ1) is 17.7. The van der Waals surface area contributed by atoms with Gasteiger partial charge in [0.2, 0.25) is 0 Å². The van der Waals surface area contributed by atoms with Gasteiger partial charge >= 0.3 is 0 Å². The summed E-state index contributed by atoms with van der Waals surface area (Å²) < 4.78 is 41.1. The van der Waals surface area contributed by atoms with E-state index in [-0.39, 0.29) is 22.8 Å². The fourth-order valence-corrected chi connectivity index (χ4v) is 2.40. The van der Waals surface area contributed by atoms with E-state index in [2.05, 4.69) is 15.6 Å². The number of rotatable bonds is 5. The maximum Gasteiger partial charge on any atom is 0.251 e. The minimum absolute atomic E-state index is 0.0356. The highest BCUT2D eigenvalue weighted by Crippen LogP contribution is 2.21. The lowest BCUT2D eigenvalue weighted by Gasteiger charge is -2.07. The fraction of sp³-hybridized carbons (Fsp3) is 0.0625. The van der Waals surface area contributed by atoms with Crippen LogP contribution in [0.1, 0.15) is 16.1 Å². The highest BCUT2D eigenvalue weighted by Gasteiger charge is 2.16. The number of nitrogens with one attached hydrogen (secondary N) is 1. The molecule has 0 spiro atoms. The molecule has 134 valence electrons. The van der Waals surface area contributed by atoms with Crippen LogP contribution >= 0.6 is 11.6 Å². The van der Waals surface area contributed by atoms with E-state index in [0.717, 1.165) is 10.7 Å². The molecular weight excluding hydrogens is 371 g/mol. The van der Waals surface area contributed by atoms with Crippen LogP contribution in [0.5, 0.6) is 0 Å². The highest BCUT2D eigenvalue weighted by atomic mass is 35.5. The van der Waals surface area contributed by atoms with Crippen LogP contribution in [0.2, 0.25) is 5.02 Å². The molecule has 0 saturated carbocycles. The van der Waals surface area contributed by atoms with Crippen molar-refractivity contribution >= 4 is 23.2 Å². The largest absolute Gasteiger partial charge is 0.379 e. The number of aromatic nitrogens is 3. The third kappa shape index (κ3) is 3.62. The van der Waals surface area contributed by atoms with Gasteiger partial charge in [0.15, 0.2) is 11.6 Å². The van der Waals surface area contributed by atoms with Crippen molar-refractivity contribution < 1.29 is 18.0 Å². The average Bonchev–Trinajstić information content (AvgIpc) is 3.06. The van der Waals surface area contributed by atoms with Gasteiger partial charge in [-0.1, -0.05) is 16.8 Å². The molecule has 0 aliphatic rings. The van der Waals surface area contributed by atoms with Crippen molar-refractivity contribution in [2.75, 3.05) is 5.32 Å². The van der Waals surface area contributed by atoms with Crippen LogP contribution in [-0.4, -0.2) is 20.9 Å². The van der Waals surface area contributed by atoms with Crippen LogP contribution < -0.4 is 11.1 Å². The minimum atomic E-state index is -1.20. The van der Waals surface area contributed by atoms with Crippen molar-refractivity contribution in [1.82, 2.24) is 15.0 Å². The third-order valence-electron chi connectivity index (χ3n) is 3.48. The Labute approximate surface area is 150 Å². The van der Waals surface area contributed by atoms with Gasteiger partial charge in [-0.25, -0.2) is 17.9 Å². The molecule has 10 heteroatoms. The molecule has 3 N–H and O–H groups in total. The number of carbonyl (C=O) groups excluding carboxylic acids is 1. The minimum Gasteiger partial charge on any atom is -0.379 e. The molecule has 0 atom stereocenters. The first-order chi connectivity index (χ1) is 12.3. The van der Waals surface area contributed by atoms with Gasteiger partial charge in [0.1, 0.15) is 11.5 Å². The molecule has 0 radical (unpaired) electrons. The van der Waals surface area contributed by atoms with Crippen molar-refractivity contribution in [2.24, 2.45) is 5.73 Å². The molecule has 1 aromatic heterocycles. The topological polar surface area (TPSA) is 85.8 Å². The number of carbonyl (C=O) groups is 1. The second kappa shape index (κ2) is 7.04. The van der Waals surface area contributed by atoms with Crippen molar-refractivity contribution in [3.05, 3.63) is 70.3 Å². The molecule has 3 aromatic rings. The first-order valence-electron chi connectivity index (χ1n) is 7.24. The second-order valence-corrected chi connectivity index (χ2v) is 5.69. The normalized spacial score (nSPS) is 10.8. The number of nitrogens with zero attached hydrogens (tertiary/aromatic N) is 3. The molecule has 1 amide bonds. The van der Waals surface area contributed by atoms with Crippen LogP contribution in [0, 0.1) is 17.5 Å². The van der Waals surface area contributed by atoms with E-state index in [1.54, 1.807) is 0 Å². The van der Waals surface area contributed by atoms with Crippen LogP contribution in [-0.2, 0) is 6.54 Å². The molecular formula is C16H11ClF3N5O. The number of anilines is 1. The standard InChI is InChI=1S/C16H11ClF3N5O/c17-11-3-8(1-2-12(11)18)22-6-9-7-25(24-23-9)15-5-14(20)13(19)4-10(15)16(21)26/h1-5,7,22H,6H2,(H2,21,26). The summed E-state index contributed by atoms with van der Waals surface area (Å²) in [6.07, 6.45) is 1.41. The van der Waals surface area contributed by atoms with Gasteiger partial charge in [-0.2, -0.15) is 0 Å². The predicted molar refractivity (Wildman–Crippen MR) is 88.5 cm³/mol. The van der Waals surface area contributed by atoms with E-state index in [1.807, 2.05) is 0 Å². The van der Waals surface area contributed by atoms with E-state index >= 15 is 0 Å². The second-order valence-electron chi connectivity index (χ2n) is 5.28. The van der Waals surface area contributed by atoms with Crippen LogP contribution in [0.25, 0.3) is 5.69 Å². The van der Waals surface area contributed by atoms with Crippen LogP contribution in [0.4, 0.5) is 18.9 Å². The van der Waals surface area contributed by atoms with E-state index in [0.29, 0.717) is 17.4 Å². The molecule has 0 saturated heterocycles. The number of primary amides is 1. The molecule has 26 heavy (non-hydrogen) atoms. The summed E-state index contributed by atoms with van der Waals surface area (Å²) in [5.41, 5.74) is 5.89. The van der Waals surface area contributed by atoms with Gasteiger partial charge in [-0.15, -0.1) is 5.10 Å². The van der Waals surface area contributed by atoms with Crippen LogP contribution in [0.15, 0.2) is 36.5 Å². The van der Waals surface area contributed by atoms with Crippen LogP contribution in [0.3, 0.4) is 0 Å². The molecule has 3 rings (SSSR count). The summed E-state index contributed by atoms with van der Waals surface area (Å²) in [5.74, 6) is -3.82. The number of halogens is 4. The van der Waals surface area contributed by atoms with Gasteiger partial charge in [0.05, 0.1) is 29.0 Å². The Hall–Kier alpha value is -3.07. The summed E-state index contributed by atoms with van der Waals surface area (Å²) in [5, 5.41) is 10.6. The summed E-state index contributed by atoms with van der Waals surface area (Å²) in [4.78, 5) is 11.5. The number of benzene rings is 2. The van der Waals surface area contributed by atoms with Gasteiger partial charge < -0.3 is 11.1 Å². The van der Waals surface area contributed by atoms with E-state index in [1.165, 1.54) is 24.4 Å². The van der Waals surface area contributed by atoms with Gasteiger partial charge in [0, 0.05) is 11.8 Å². The van der Waals surface area contributed by atoms with E-state index in [9.17, 15) is 18.0 Å². The summed E-state index contributed by atoms with van der Waals surface area (Å²) >= 11 is 5.70. The lowest BCUT2D eigenvalue weighted by Crippen LogP contribution is -2.16. The van der Waals surface area contributed by atoms with Crippen molar-refractivity contribution in [1.29, 1.82) is 0 Å². The van der Waals surface area contributed by atoms with Crippen molar-refractivity contribution in [2.45, 2.75) is 6.54 Å². The first-order valence-corrected chi connectivity index (χ1v) is 7.62. The number of hydrogen-bond acceptors (Lipinski definition) is 4. The van der Waals surface area contributed by atoms with Crippen molar-refractivity contribution in [3.63, 3.8) is 0 Å². The smallest absolute Gasteiger partial charge is 0.251 e. The van der Waals surface area contributed by atoms with E-state index < -0.39 is 23.4 Å². The zero-order valence-corrected chi connectivity index (χ0v) is 13.8. The van der Waals surface area contributed by atoms with Gasteiger partial charge in [0.25, 0.3) is 5.91 Å². The van der Waals surface area contributed by atoms with E-state index in [4.69, 9.17) is 17.3 Å². The fourth-order valence-electron chi connectivity index (χ4n) is 2.22. The highest BCUT2D eigenvalue weighted by molar-refractivity contribution is 6.31. The summed E-state index contributed by atoms with van der Waals surface area (Å²) in [6, 6.07) is 5.62. The van der Waals surface area contributed by atoms with Crippen molar-refractivity contribution in [3.8, 4) is 5.69 Å². The van der Waals surface area contributed by atoms with Gasteiger partial charge in [-0.05, 0) is 24.3 Å². The average molecular weight is 382 g/mol. The third-order valence-corrected chi connectivity index (χ3v) is 3.77. The molecule has 6 nitrogen and oxygen atoms in total. The SMILES string of the molecule is NC(=O)c1cc(F)c(F)cc1-n1cc(CNc2ccc(F)c(Cl)c2)nn1. The number of amides is 1. The molecule has 0 aliphatic heterocycles. The lowest BCUT2D eigenvalue weighted by molar-refractivity contribution is 0.0999. The quantitative estimate of drug-likeness (QED) is 0.711. The molecule has 0 unspecified atom stereocenters. The number of nitrogens with two attached hydrogens (primary N) is 1. The monoisotopic (exact) mass is 381 g/mol.